The summed E-state index contributed by atoms with van der Waals surface area (Å²) in [6.07, 6.45) is 15.1. The fraction of sp³-hybridized carbons (Fsp3) is 0.767. The summed E-state index contributed by atoms with van der Waals surface area (Å²) < 4.78 is 11.2. The number of hydrogen-bond donors (Lipinski definition) is 6. The van der Waals surface area contributed by atoms with Gasteiger partial charge in [-0.2, -0.15) is 0 Å². The van der Waals surface area contributed by atoms with Crippen LogP contribution in [0.25, 0.3) is 0 Å². The standard InChI is InChI=1S/C43H74N4O9/c1-4-6-8-10-12-14-16-18-20-25-29-47(37(50)28-24-19-17-15-13-11-9-7-5-2)42-38(40(52)39(51)35(31-48)56-42)46-41(53)33(3)45-36(49)30-44-43(54)55-32-34-26-22-21-23-27-34/h21-23,26-27,33,35,38-40,42,48,51-52H,4-20,24-25,28-32H2,1-3H3,(H,44,54)(H,45,49)(H,46,53)/t33-,35-,38-,39-,40-,42-/m1/s1. The average molecular weight is 791 g/mol. The summed E-state index contributed by atoms with van der Waals surface area (Å²) in [4.78, 5) is 53.6. The maximum atomic E-state index is 13.9. The molecule has 0 radical (unpaired) electrons. The van der Waals surface area contributed by atoms with E-state index >= 15 is 0 Å². The van der Waals surface area contributed by atoms with E-state index < -0.39 is 67.7 Å². The Labute approximate surface area is 336 Å². The highest BCUT2D eigenvalue weighted by Gasteiger charge is 2.48. The number of carbonyl (C=O) groups is 4. The molecular weight excluding hydrogens is 716 g/mol. The second kappa shape index (κ2) is 29.9. The van der Waals surface area contributed by atoms with Crippen LogP contribution in [0.1, 0.15) is 155 Å². The number of aliphatic hydroxyl groups is 3. The van der Waals surface area contributed by atoms with E-state index in [2.05, 4.69) is 29.8 Å². The predicted molar refractivity (Wildman–Crippen MR) is 217 cm³/mol. The first-order valence-corrected chi connectivity index (χ1v) is 21.6. The average Bonchev–Trinajstić information content (AvgIpc) is 3.20. The molecule has 0 aliphatic carbocycles. The van der Waals surface area contributed by atoms with Crippen molar-refractivity contribution >= 4 is 23.8 Å². The number of benzene rings is 1. The first-order valence-electron chi connectivity index (χ1n) is 21.6. The lowest BCUT2D eigenvalue weighted by molar-refractivity contribution is -0.231. The zero-order valence-corrected chi connectivity index (χ0v) is 34.6. The minimum atomic E-state index is -1.57. The molecule has 320 valence electrons. The Morgan fingerprint density at radius 3 is 1.86 bits per heavy atom. The maximum absolute atomic E-state index is 13.9. The molecule has 1 aliphatic heterocycles. The van der Waals surface area contributed by atoms with Gasteiger partial charge in [-0.05, 0) is 25.3 Å². The Bertz CT molecular complexity index is 1220. The molecule has 0 spiro atoms. The van der Waals surface area contributed by atoms with Gasteiger partial charge in [0.1, 0.15) is 43.5 Å². The Balaban J connectivity index is 2.04. The van der Waals surface area contributed by atoms with Crippen LogP contribution in [0.15, 0.2) is 30.3 Å². The summed E-state index contributed by atoms with van der Waals surface area (Å²) in [5.74, 6) is -1.53. The van der Waals surface area contributed by atoms with Gasteiger partial charge in [-0.25, -0.2) is 4.79 Å². The molecular formula is C43H74N4O9. The van der Waals surface area contributed by atoms with Gasteiger partial charge < -0.3 is 45.6 Å². The number of carbonyl (C=O) groups excluding carboxylic acids is 4. The molecule has 2 rings (SSSR count). The third kappa shape index (κ3) is 19.7. The van der Waals surface area contributed by atoms with E-state index in [9.17, 15) is 34.5 Å². The Morgan fingerprint density at radius 2 is 1.30 bits per heavy atom. The zero-order chi connectivity index (χ0) is 41.0. The summed E-state index contributed by atoms with van der Waals surface area (Å²) in [5.41, 5.74) is 0.785. The van der Waals surface area contributed by atoms with Crippen LogP contribution in [-0.2, 0) is 30.5 Å². The minimum Gasteiger partial charge on any atom is -0.445 e. The number of alkyl carbamates (subject to hydrolysis) is 1. The van der Waals surface area contributed by atoms with Crippen LogP contribution in [0.5, 0.6) is 0 Å². The molecule has 0 bridgehead atoms. The quantitative estimate of drug-likeness (QED) is 0.0508. The number of nitrogens with zero attached hydrogens (tertiary/aromatic N) is 1. The molecule has 4 amide bonds. The van der Waals surface area contributed by atoms with Crippen molar-refractivity contribution in [3.63, 3.8) is 0 Å². The summed E-state index contributed by atoms with van der Waals surface area (Å²) >= 11 is 0. The number of rotatable bonds is 30. The monoisotopic (exact) mass is 791 g/mol. The van der Waals surface area contributed by atoms with Crippen molar-refractivity contribution in [2.24, 2.45) is 0 Å². The van der Waals surface area contributed by atoms with E-state index in [1.165, 1.54) is 77.6 Å². The number of hydrogen-bond acceptors (Lipinski definition) is 9. The normalized spacial score (nSPS) is 19.9. The van der Waals surface area contributed by atoms with E-state index in [0.29, 0.717) is 19.4 Å². The van der Waals surface area contributed by atoms with Crippen molar-refractivity contribution in [1.82, 2.24) is 20.9 Å². The van der Waals surface area contributed by atoms with E-state index in [-0.39, 0.29) is 18.9 Å². The van der Waals surface area contributed by atoms with Crippen LogP contribution in [0.4, 0.5) is 4.79 Å². The highest BCUT2D eigenvalue weighted by molar-refractivity contribution is 5.89. The SMILES string of the molecule is CCCCCCCCCCCCN(C(=O)CCCCCCCCCCC)[C@@H]1O[C@H](CO)[C@@H](O)[C@H](O)[C@H]1NC(=O)[C@@H](C)NC(=O)CNC(=O)OCc1ccccc1. The molecule has 13 nitrogen and oxygen atoms in total. The topological polar surface area (TPSA) is 187 Å². The second-order valence-electron chi connectivity index (χ2n) is 15.3. The van der Waals surface area contributed by atoms with E-state index in [4.69, 9.17) is 9.47 Å². The Morgan fingerprint density at radius 1 is 0.768 bits per heavy atom. The molecule has 1 aliphatic rings. The van der Waals surface area contributed by atoms with Crippen LogP contribution < -0.4 is 16.0 Å². The van der Waals surface area contributed by atoms with Crippen LogP contribution in [0.3, 0.4) is 0 Å². The molecule has 0 unspecified atom stereocenters. The van der Waals surface area contributed by atoms with E-state index in [1.54, 1.807) is 17.0 Å². The number of nitrogens with one attached hydrogen (secondary N) is 3. The summed E-state index contributed by atoms with van der Waals surface area (Å²) in [5, 5.41) is 39.7. The largest absolute Gasteiger partial charge is 0.445 e. The summed E-state index contributed by atoms with van der Waals surface area (Å²) in [7, 11) is 0. The van der Waals surface area contributed by atoms with Gasteiger partial charge in [-0.3, -0.25) is 14.4 Å². The van der Waals surface area contributed by atoms with Gasteiger partial charge in [0.2, 0.25) is 17.7 Å². The molecule has 1 saturated heterocycles. The summed E-state index contributed by atoms with van der Waals surface area (Å²) in [6.45, 7) is 5.17. The molecule has 6 atom stereocenters. The fourth-order valence-corrected chi connectivity index (χ4v) is 6.99. The molecule has 1 fully saturated rings. The molecule has 0 aromatic heterocycles. The van der Waals surface area contributed by atoms with Gasteiger partial charge in [0.15, 0.2) is 6.23 Å². The van der Waals surface area contributed by atoms with Gasteiger partial charge in [0.05, 0.1) is 6.61 Å². The predicted octanol–water partition coefficient (Wildman–Crippen LogP) is 6.01. The lowest BCUT2D eigenvalue weighted by atomic mass is 9.94. The van der Waals surface area contributed by atoms with Crippen molar-refractivity contribution in [2.75, 3.05) is 19.7 Å². The molecule has 6 N–H and O–H groups in total. The minimum absolute atomic E-state index is 0.0287. The van der Waals surface area contributed by atoms with Gasteiger partial charge in [0.25, 0.3) is 0 Å². The molecule has 1 aromatic rings. The highest BCUT2D eigenvalue weighted by Crippen LogP contribution is 2.26. The van der Waals surface area contributed by atoms with Crippen LogP contribution in [0.2, 0.25) is 0 Å². The van der Waals surface area contributed by atoms with Gasteiger partial charge in [-0.1, -0.05) is 153 Å². The first kappa shape index (κ1) is 48.9. The van der Waals surface area contributed by atoms with Gasteiger partial charge in [0, 0.05) is 13.0 Å². The first-order chi connectivity index (χ1) is 27.1. The fourth-order valence-electron chi connectivity index (χ4n) is 6.99. The second-order valence-corrected chi connectivity index (χ2v) is 15.3. The van der Waals surface area contributed by atoms with Crippen LogP contribution >= 0.6 is 0 Å². The Kier molecular flexibility index (Phi) is 26.1. The lowest BCUT2D eigenvalue weighted by Gasteiger charge is -2.47. The number of aliphatic hydroxyl groups excluding tert-OH is 3. The highest BCUT2D eigenvalue weighted by atomic mass is 16.6. The van der Waals surface area contributed by atoms with Crippen LogP contribution in [-0.4, -0.2) is 100 Å². The van der Waals surface area contributed by atoms with Crippen molar-refractivity contribution in [3.05, 3.63) is 35.9 Å². The van der Waals surface area contributed by atoms with E-state index in [0.717, 1.165) is 44.1 Å². The van der Waals surface area contributed by atoms with E-state index in [1.807, 2.05) is 18.2 Å². The van der Waals surface area contributed by atoms with Gasteiger partial charge >= 0.3 is 6.09 Å². The molecule has 1 heterocycles. The third-order valence-corrected chi connectivity index (χ3v) is 10.5. The summed E-state index contributed by atoms with van der Waals surface area (Å²) in [6, 6.07) is 6.71. The number of unbranched alkanes of at least 4 members (excludes halogenated alkanes) is 17. The lowest BCUT2D eigenvalue weighted by Crippen LogP contribution is -2.69. The van der Waals surface area contributed by atoms with Crippen molar-refractivity contribution in [1.29, 1.82) is 0 Å². The molecule has 56 heavy (non-hydrogen) atoms. The number of amides is 4. The zero-order valence-electron chi connectivity index (χ0n) is 34.6. The van der Waals surface area contributed by atoms with Crippen molar-refractivity contribution < 1.29 is 44.0 Å². The molecule has 13 heteroatoms. The van der Waals surface area contributed by atoms with Gasteiger partial charge in [-0.15, -0.1) is 0 Å². The third-order valence-electron chi connectivity index (χ3n) is 10.5. The Hall–Kier alpha value is -3.26. The smallest absolute Gasteiger partial charge is 0.407 e. The van der Waals surface area contributed by atoms with Crippen LogP contribution in [0, 0.1) is 0 Å². The maximum Gasteiger partial charge on any atom is 0.407 e. The molecule has 0 saturated carbocycles. The molecule has 1 aromatic carbocycles. The number of ether oxygens (including phenoxy) is 2. The van der Waals surface area contributed by atoms with Crippen molar-refractivity contribution in [2.45, 2.75) is 192 Å². The van der Waals surface area contributed by atoms with Crippen molar-refractivity contribution in [3.8, 4) is 0 Å².